The molecule has 8 heteroatoms. The molecule has 3 aromatic carbocycles. The number of hydrazone groups is 1. The highest BCUT2D eigenvalue weighted by molar-refractivity contribution is 6.46. The number of non-ortho nitro benzene ring substituents is 1. The first-order valence-corrected chi connectivity index (χ1v) is 9.31. The second-order valence-corrected chi connectivity index (χ2v) is 6.78. The summed E-state index contributed by atoms with van der Waals surface area (Å²) in [5.41, 5.74) is 2.62. The van der Waals surface area contributed by atoms with Gasteiger partial charge in [-0.15, -0.1) is 0 Å². The molecule has 2 N–H and O–H groups in total. The fourth-order valence-electron chi connectivity index (χ4n) is 2.85. The van der Waals surface area contributed by atoms with Crippen molar-refractivity contribution < 1.29 is 19.2 Å². The summed E-state index contributed by atoms with van der Waals surface area (Å²) in [7, 11) is 0. The maximum Gasteiger partial charge on any atom is 0.343 e. The molecule has 3 rings (SSSR count). The highest BCUT2D eigenvalue weighted by atomic mass is 16.6. The summed E-state index contributed by atoms with van der Waals surface area (Å²) in [5, 5.41) is 14.3. The molecule has 0 atom stereocenters. The van der Waals surface area contributed by atoms with Crippen molar-refractivity contribution in [3.8, 4) is 5.75 Å². The van der Waals surface area contributed by atoms with Crippen LogP contribution in [0.4, 0.5) is 5.69 Å². The van der Waals surface area contributed by atoms with Crippen LogP contribution in [0.1, 0.15) is 27.0 Å². The molecular formula is C23H19N3O5. The van der Waals surface area contributed by atoms with E-state index in [1.807, 2.05) is 31.2 Å². The van der Waals surface area contributed by atoms with Crippen LogP contribution in [0, 0.1) is 17.0 Å². The van der Waals surface area contributed by atoms with Crippen molar-refractivity contribution in [2.24, 2.45) is 10.9 Å². The van der Waals surface area contributed by atoms with Gasteiger partial charge in [0.25, 0.3) is 5.69 Å². The molecule has 0 aliphatic carbocycles. The van der Waals surface area contributed by atoms with Gasteiger partial charge in [0, 0.05) is 24.1 Å². The lowest BCUT2D eigenvalue weighted by Crippen LogP contribution is -2.19. The SMILES string of the molecule is Cc1ccc(CC(=O)/C(=N/N)c2ccc(OC(=O)c3ccc([N+](=O)[O-])cc3)cc2)cc1. The van der Waals surface area contributed by atoms with Gasteiger partial charge in [0.1, 0.15) is 11.5 Å². The van der Waals surface area contributed by atoms with E-state index in [1.165, 1.54) is 36.4 Å². The minimum atomic E-state index is -0.661. The van der Waals surface area contributed by atoms with E-state index in [4.69, 9.17) is 10.6 Å². The number of nitrogens with zero attached hydrogens (tertiary/aromatic N) is 2. The number of ketones is 1. The Morgan fingerprint density at radius 1 is 0.935 bits per heavy atom. The number of nitro benzene ring substituents is 1. The van der Waals surface area contributed by atoms with Crippen LogP contribution in [-0.2, 0) is 11.2 Å². The molecule has 31 heavy (non-hydrogen) atoms. The van der Waals surface area contributed by atoms with Crippen LogP contribution in [0.5, 0.6) is 5.75 Å². The Hall–Kier alpha value is -4.33. The molecule has 0 aliphatic rings. The molecule has 0 aliphatic heterocycles. The third kappa shape index (κ3) is 5.39. The Bertz CT molecular complexity index is 1140. The monoisotopic (exact) mass is 417 g/mol. The van der Waals surface area contributed by atoms with Crippen molar-refractivity contribution in [3.05, 3.63) is 105 Å². The summed E-state index contributed by atoms with van der Waals surface area (Å²) in [4.78, 5) is 35.0. The van der Waals surface area contributed by atoms with Crippen LogP contribution in [0.15, 0.2) is 77.9 Å². The zero-order chi connectivity index (χ0) is 22.4. The molecule has 0 radical (unpaired) electrons. The fraction of sp³-hybridized carbons (Fsp3) is 0.0870. The van der Waals surface area contributed by atoms with Gasteiger partial charge in [-0.25, -0.2) is 4.79 Å². The van der Waals surface area contributed by atoms with E-state index in [0.717, 1.165) is 11.1 Å². The maximum atomic E-state index is 12.6. The number of nitrogens with two attached hydrogens (primary N) is 1. The van der Waals surface area contributed by atoms with Crippen LogP contribution in [0.25, 0.3) is 0 Å². The largest absolute Gasteiger partial charge is 0.423 e. The molecule has 0 aromatic heterocycles. The van der Waals surface area contributed by atoms with Crippen molar-refractivity contribution in [2.45, 2.75) is 13.3 Å². The molecule has 0 heterocycles. The normalized spacial score (nSPS) is 11.1. The highest BCUT2D eigenvalue weighted by Gasteiger charge is 2.16. The molecule has 0 saturated carbocycles. The number of aryl methyl sites for hydroxylation is 1. The van der Waals surface area contributed by atoms with Gasteiger partial charge in [0.05, 0.1) is 10.5 Å². The lowest BCUT2D eigenvalue weighted by Gasteiger charge is -2.08. The lowest BCUT2D eigenvalue weighted by molar-refractivity contribution is -0.384. The summed E-state index contributed by atoms with van der Waals surface area (Å²) in [6, 6.07) is 18.9. The van der Waals surface area contributed by atoms with Gasteiger partial charge in [-0.3, -0.25) is 14.9 Å². The van der Waals surface area contributed by atoms with Gasteiger partial charge < -0.3 is 10.6 Å². The Labute approximate surface area is 178 Å². The maximum absolute atomic E-state index is 12.6. The molecule has 8 nitrogen and oxygen atoms in total. The lowest BCUT2D eigenvalue weighted by atomic mass is 10.00. The van der Waals surface area contributed by atoms with Gasteiger partial charge in [-0.1, -0.05) is 29.8 Å². The highest BCUT2D eigenvalue weighted by Crippen LogP contribution is 2.18. The number of ether oxygens (including phenoxy) is 1. The van der Waals surface area contributed by atoms with E-state index in [-0.39, 0.29) is 34.9 Å². The number of benzene rings is 3. The standard InChI is InChI=1S/C23H19N3O5/c1-15-2-4-16(5-3-15)14-21(27)22(25-24)17-8-12-20(13-9-17)31-23(28)18-6-10-19(11-7-18)26(29)30/h2-13H,14,24H2,1H3/b25-22+. The fourth-order valence-corrected chi connectivity index (χ4v) is 2.85. The third-order valence-corrected chi connectivity index (χ3v) is 4.53. The molecule has 0 fully saturated rings. The smallest absolute Gasteiger partial charge is 0.343 e. The first-order chi connectivity index (χ1) is 14.9. The average molecular weight is 417 g/mol. The van der Waals surface area contributed by atoms with Crippen LogP contribution in [0.3, 0.4) is 0 Å². The number of Topliss-reactive ketones (excluding diaryl/α,β-unsaturated/α-hetero) is 1. The van der Waals surface area contributed by atoms with Gasteiger partial charge >= 0.3 is 5.97 Å². The van der Waals surface area contributed by atoms with Crippen molar-refractivity contribution >= 4 is 23.2 Å². The number of nitro groups is 1. The summed E-state index contributed by atoms with van der Waals surface area (Å²) in [6.07, 6.45) is 0.160. The van der Waals surface area contributed by atoms with Gasteiger partial charge in [0.2, 0.25) is 0 Å². The Morgan fingerprint density at radius 2 is 1.52 bits per heavy atom. The van der Waals surface area contributed by atoms with E-state index < -0.39 is 10.9 Å². The van der Waals surface area contributed by atoms with E-state index in [0.29, 0.717) is 5.56 Å². The van der Waals surface area contributed by atoms with Crippen molar-refractivity contribution in [2.75, 3.05) is 0 Å². The number of hydrogen-bond acceptors (Lipinski definition) is 7. The van der Waals surface area contributed by atoms with Crippen molar-refractivity contribution in [1.29, 1.82) is 0 Å². The van der Waals surface area contributed by atoms with Crippen LogP contribution in [-0.4, -0.2) is 22.4 Å². The second-order valence-electron chi connectivity index (χ2n) is 6.78. The number of esters is 1. The zero-order valence-electron chi connectivity index (χ0n) is 16.6. The minimum absolute atomic E-state index is 0.119. The molecular weight excluding hydrogens is 398 g/mol. The van der Waals surface area contributed by atoms with Gasteiger partial charge in [-0.2, -0.15) is 5.10 Å². The summed E-state index contributed by atoms with van der Waals surface area (Å²) >= 11 is 0. The van der Waals surface area contributed by atoms with Crippen LogP contribution in [0.2, 0.25) is 0 Å². The molecule has 3 aromatic rings. The predicted molar refractivity (Wildman–Crippen MR) is 115 cm³/mol. The van der Waals surface area contributed by atoms with Crippen LogP contribution >= 0.6 is 0 Å². The van der Waals surface area contributed by atoms with Crippen LogP contribution < -0.4 is 10.6 Å². The van der Waals surface area contributed by atoms with E-state index in [9.17, 15) is 19.7 Å². The van der Waals surface area contributed by atoms with E-state index in [2.05, 4.69) is 5.10 Å². The number of rotatable bonds is 7. The number of carbonyl (C=O) groups excluding carboxylic acids is 2. The predicted octanol–water partition coefficient (Wildman–Crippen LogP) is 3.60. The summed E-state index contributed by atoms with van der Waals surface area (Å²) < 4.78 is 5.27. The number of carbonyl (C=O) groups is 2. The van der Waals surface area contributed by atoms with Crippen molar-refractivity contribution in [1.82, 2.24) is 0 Å². The molecule has 0 amide bonds. The summed E-state index contributed by atoms with van der Waals surface area (Å²) in [5.74, 6) is 4.79. The zero-order valence-corrected chi connectivity index (χ0v) is 16.6. The van der Waals surface area contributed by atoms with Crippen molar-refractivity contribution in [3.63, 3.8) is 0 Å². The Balaban J connectivity index is 1.67. The van der Waals surface area contributed by atoms with E-state index >= 15 is 0 Å². The molecule has 0 bridgehead atoms. The van der Waals surface area contributed by atoms with Gasteiger partial charge in [-0.05, 0) is 48.9 Å². The summed E-state index contributed by atoms with van der Waals surface area (Å²) in [6.45, 7) is 1.97. The Kier molecular flexibility index (Phi) is 6.51. The second kappa shape index (κ2) is 9.45. The quantitative estimate of drug-likeness (QED) is 0.156. The minimum Gasteiger partial charge on any atom is -0.423 e. The third-order valence-electron chi connectivity index (χ3n) is 4.53. The number of hydrogen-bond donors (Lipinski definition) is 1. The molecule has 0 saturated heterocycles. The topological polar surface area (TPSA) is 125 Å². The Morgan fingerprint density at radius 3 is 2.06 bits per heavy atom. The first-order valence-electron chi connectivity index (χ1n) is 9.31. The average Bonchev–Trinajstić information content (AvgIpc) is 2.77. The van der Waals surface area contributed by atoms with Gasteiger partial charge in [0.15, 0.2) is 5.78 Å². The molecule has 156 valence electrons. The van der Waals surface area contributed by atoms with E-state index in [1.54, 1.807) is 12.1 Å². The molecule has 0 unspecified atom stereocenters. The molecule has 0 spiro atoms. The first kappa shape index (κ1) is 21.4.